The van der Waals surface area contributed by atoms with Gasteiger partial charge in [0.25, 0.3) is 5.69 Å². The molecule has 6 heteroatoms. The van der Waals surface area contributed by atoms with Crippen molar-refractivity contribution in [1.29, 1.82) is 0 Å². The number of aryl methyl sites for hydroxylation is 1. The van der Waals surface area contributed by atoms with Crippen LogP contribution in [0.3, 0.4) is 0 Å². The van der Waals surface area contributed by atoms with Gasteiger partial charge in [0.05, 0.1) is 17.1 Å². The smallest absolute Gasteiger partial charge is 0.276 e. The van der Waals surface area contributed by atoms with E-state index in [4.69, 9.17) is 0 Å². The van der Waals surface area contributed by atoms with Gasteiger partial charge in [-0.1, -0.05) is 17.7 Å². The molecule has 1 heterocycles. The van der Waals surface area contributed by atoms with Gasteiger partial charge in [-0.15, -0.1) is 0 Å². The van der Waals surface area contributed by atoms with Crippen LogP contribution in [0, 0.1) is 17.0 Å². The van der Waals surface area contributed by atoms with Crippen molar-refractivity contribution in [2.24, 2.45) is 0 Å². The molecule has 21 heavy (non-hydrogen) atoms. The largest absolute Gasteiger partial charge is 0.370 e. The van der Waals surface area contributed by atoms with E-state index in [0.29, 0.717) is 18.2 Å². The highest BCUT2D eigenvalue weighted by Gasteiger charge is 2.14. The number of nitro groups is 1. The van der Waals surface area contributed by atoms with Gasteiger partial charge in [-0.3, -0.25) is 10.1 Å². The van der Waals surface area contributed by atoms with Crippen LogP contribution in [0.1, 0.15) is 12.5 Å². The molecule has 1 aromatic carbocycles. The van der Waals surface area contributed by atoms with E-state index in [1.807, 2.05) is 50.1 Å². The zero-order chi connectivity index (χ0) is 15.4. The lowest BCUT2D eigenvalue weighted by molar-refractivity contribution is -0.384. The molecule has 0 saturated heterocycles. The van der Waals surface area contributed by atoms with Gasteiger partial charge < -0.3 is 10.2 Å². The maximum atomic E-state index is 11.0. The number of aromatic nitrogens is 1. The number of hydrogen-bond acceptors (Lipinski definition) is 5. The lowest BCUT2D eigenvalue weighted by atomic mass is 10.2. The van der Waals surface area contributed by atoms with Gasteiger partial charge in [0.2, 0.25) is 0 Å². The highest BCUT2D eigenvalue weighted by Crippen LogP contribution is 2.27. The molecule has 0 aliphatic rings. The third-order valence-corrected chi connectivity index (χ3v) is 3.13. The van der Waals surface area contributed by atoms with Gasteiger partial charge in [0.15, 0.2) is 0 Å². The standard InChI is InChI=1S/C15H18N4O2/c1-4-16-14-9-13(19(20)21)10-15(17-14)18(3)12-7-5-11(2)6-8-12/h5-10H,4H2,1-3H3,(H,16,17). The van der Waals surface area contributed by atoms with Crippen molar-refractivity contribution in [2.75, 3.05) is 23.8 Å². The summed E-state index contributed by atoms with van der Waals surface area (Å²) in [6.07, 6.45) is 0. The Hall–Kier alpha value is -2.63. The molecule has 0 fully saturated rings. The molecule has 2 aromatic rings. The summed E-state index contributed by atoms with van der Waals surface area (Å²) < 4.78 is 0. The third kappa shape index (κ3) is 3.47. The van der Waals surface area contributed by atoms with Crippen LogP contribution >= 0.6 is 0 Å². The Bertz CT molecular complexity index is 641. The minimum absolute atomic E-state index is 0.0231. The second kappa shape index (κ2) is 6.21. The van der Waals surface area contributed by atoms with E-state index >= 15 is 0 Å². The fourth-order valence-electron chi connectivity index (χ4n) is 1.95. The average Bonchev–Trinajstić information content (AvgIpc) is 2.47. The Morgan fingerprint density at radius 2 is 1.95 bits per heavy atom. The SMILES string of the molecule is CCNc1cc([N+](=O)[O-])cc(N(C)c2ccc(C)cc2)n1. The Morgan fingerprint density at radius 3 is 2.52 bits per heavy atom. The predicted molar refractivity (Wildman–Crippen MR) is 84.3 cm³/mol. The third-order valence-electron chi connectivity index (χ3n) is 3.13. The van der Waals surface area contributed by atoms with Crippen molar-refractivity contribution in [2.45, 2.75) is 13.8 Å². The second-order valence-corrected chi connectivity index (χ2v) is 4.75. The molecule has 0 radical (unpaired) electrons. The number of hydrogen-bond donors (Lipinski definition) is 1. The summed E-state index contributed by atoms with van der Waals surface area (Å²) in [6.45, 7) is 4.59. The fourth-order valence-corrected chi connectivity index (χ4v) is 1.95. The van der Waals surface area contributed by atoms with Crippen molar-refractivity contribution in [3.63, 3.8) is 0 Å². The van der Waals surface area contributed by atoms with E-state index in [2.05, 4.69) is 10.3 Å². The summed E-state index contributed by atoms with van der Waals surface area (Å²) >= 11 is 0. The molecular weight excluding hydrogens is 268 g/mol. The van der Waals surface area contributed by atoms with Gasteiger partial charge in [0, 0.05) is 19.3 Å². The van der Waals surface area contributed by atoms with Crippen LogP contribution in [0.25, 0.3) is 0 Å². The molecular formula is C15H18N4O2. The number of nitrogens with one attached hydrogen (secondary N) is 1. The maximum Gasteiger partial charge on any atom is 0.276 e. The van der Waals surface area contributed by atoms with Crippen molar-refractivity contribution < 1.29 is 4.92 Å². The molecule has 0 aliphatic carbocycles. The lowest BCUT2D eigenvalue weighted by Gasteiger charge is -2.19. The first kappa shape index (κ1) is 14.8. The summed E-state index contributed by atoms with van der Waals surface area (Å²) in [6, 6.07) is 10.8. The maximum absolute atomic E-state index is 11.0. The topological polar surface area (TPSA) is 71.3 Å². The van der Waals surface area contributed by atoms with Gasteiger partial charge >= 0.3 is 0 Å². The van der Waals surface area contributed by atoms with Crippen LogP contribution in [0.4, 0.5) is 23.0 Å². The minimum Gasteiger partial charge on any atom is -0.370 e. The van der Waals surface area contributed by atoms with Crippen LogP contribution in [0.5, 0.6) is 0 Å². The first-order valence-electron chi connectivity index (χ1n) is 6.72. The zero-order valence-corrected chi connectivity index (χ0v) is 12.3. The number of benzene rings is 1. The molecule has 0 saturated carbocycles. The number of pyridine rings is 1. The van der Waals surface area contributed by atoms with E-state index in [1.54, 1.807) is 0 Å². The number of rotatable bonds is 5. The second-order valence-electron chi connectivity index (χ2n) is 4.75. The molecule has 1 aromatic heterocycles. The van der Waals surface area contributed by atoms with Gasteiger partial charge in [0.1, 0.15) is 11.6 Å². The Labute approximate surface area is 123 Å². The van der Waals surface area contributed by atoms with Crippen LogP contribution in [0.2, 0.25) is 0 Å². The highest BCUT2D eigenvalue weighted by atomic mass is 16.6. The quantitative estimate of drug-likeness (QED) is 0.673. The van der Waals surface area contributed by atoms with E-state index < -0.39 is 4.92 Å². The normalized spacial score (nSPS) is 10.2. The molecule has 0 spiro atoms. The average molecular weight is 286 g/mol. The molecule has 0 amide bonds. The van der Waals surface area contributed by atoms with Crippen molar-refractivity contribution in [3.8, 4) is 0 Å². The van der Waals surface area contributed by atoms with Crippen molar-refractivity contribution in [1.82, 2.24) is 4.98 Å². The van der Waals surface area contributed by atoms with Gasteiger partial charge in [-0.25, -0.2) is 4.98 Å². The summed E-state index contributed by atoms with van der Waals surface area (Å²) in [4.78, 5) is 16.9. The molecule has 0 atom stereocenters. The summed E-state index contributed by atoms with van der Waals surface area (Å²) in [5.74, 6) is 1.03. The highest BCUT2D eigenvalue weighted by molar-refractivity contribution is 5.64. The van der Waals surface area contributed by atoms with Gasteiger partial charge in [-0.05, 0) is 26.0 Å². The first-order valence-corrected chi connectivity index (χ1v) is 6.72. The zero-order valence-electron chi connectivity index (χ0n) is 12.3. The molecule has 0 unspecified atom stereocenters. The van der Waals surface area contributed by atoms with Crippen molar-refractivity contribution in [3.05, 3.63) is 52.1 Å². The van der Waals surface area contributed by atoms with Gasteiger partial charge in [-0.2, -0.15) is 0 Å². The Balaban J connectivity index is 2.41. The monoisotopic (exact) mass is 286 g/mol. The lowest BCUT2D eigenvalue weighted by Crippen LogP contribution is -2.13. The van der Waals surface area contributed by atoms with Crippen LogP contribution in [-0.4, -0.2) is 23.5 Å². The van der Waals surface area contributed by atoms with Crippen molar-refractivity contribution >= 4 is 23.0 Å². The Kier molecular flexibility index (Phi) is 4.37. The molecule has 0 bridgehead atoms. The number of anilines is 3. The fraction of sp³-hybridized carbons (Fsp3) is 0.267. The summed E-state index contributed by atoms with van der Waals surface area (Å²) in [5, 5.41) is 14.1. The summed E-state index contributed by atoms with van der Waals surface area (Å²) in [7, 11) is 1.84. The Morgan fingerprint density at radius 1 is 1.29 bits per heavy atom. The first-order chi connectivity index (χ1) is 10.0. The number of nitrogens with zero attached hydrogens (tertiary/aromatic N) is 3. The van der Waals surface area contributed by atoms with E-state index in [1.165, 1.54) is 12.1 Å². The predicted octanol–water partition coefficient (Wildman–Crippen LogP) is 3.50. The van der Waals surface area contributed by atoms with Crippen LogP contribution in [0.15, 0.2) is 36.4 Å². The van der Waals surface area contributed by atoms with E-state index in [0.717, 1.165) is 11.3 Å². The van der Waals surface area contributed by atoms with Crippen LogP contribution < -0.4 is 10.2 Å². The van der Waals surface area contributed by atoms with E-state index in [9.17, 15) is 10.1 Å². The molecule has 110 valence electrons. The molecule has 6 nitrogen and oxygen atoms in total. The molecule has 1 N–H and O–H groups in total. The summed E-state index contributed by atoms with van der Waals surface area (Å²) in [5.41, 5.74) is 2.11. The minimum atomic E-state index is -0.408. The molecule has 0 aliphatic heterocycles. The molecule has 2 rings (SSSR count). The van der Waals surface area contributed by atoms with E-state index in [-0.39, 0.29) is 5.69 Å². The van der Waals surface area contributed by atoms with Crippen LogP contribution in [-0.2, 0) is 0 Å².